The lowest BCUT2D eigenvalue weighted by Gasteiger charge is -1.99. The fraction of sp³-hybridized carbons (Fsp3) is 0.133. The van der Waals surface area contributed by atoms with Crippen LogP contribution in [-0.2, 0) is 6.54 Å². The molecule has 2 aromatic heterocycles. The van der Waals surface area contributed by atoms with Crippen molar-refractivity contribution in [1.29, 1.82) is 0 Å². The first-order valence-electron chi connectivity index (χ1n) is 6.03. The molecule has 0 amide bonds. The molecule has 2 N–H and O–H groups in total. The molecule has 0 radical (unpaired) electrons. The first-order valence-corrected chi connectivity index (χ1v) is 6.03. The van der Waals surface area contributed by atoms with Crippen LogP contribution in [0.4, 0.5) is 0 Å². The number of nitrogens with two attached hydrogens (primary N) is 1. The fourth-order valence-corrected chi connectivity index (χ4v) is 2.01. The van der Waals surface area contributed by atoms with Crippen LogP contribution < -0.4 is 10.5 Å². The Morgan fingerprint density at radius 1 is 1.26 bits per heavy atom. The van der Waals surface area contributed by atoms with E-state index in [1.807, 2.05) is 36.4 Å². The molecule has 3 rings (SSSR count). The van der Waals surface area contributed by atoms with Crippen molar-refractivity contribution in [1.82, 2.24) is 4.98 Å². The van der Waals surface area contributed by atoms with E-state index in [0.717, 1.165) is 33.7 Å². The monoisotopic (exact) mass is 254 g/mol. The highest BCUT2D eigenvalue weighted by Crippen LogP contribution is 2.32. The molecule has 0 bridgehead atoms. The van der Waals surface area contributed by atoms with Crippen LogP contribution in [0.15, 0.2) is 47.0 Å². The second-order valence-electron chi connectivity index (χ2n) is 4.25. The van der Waals surface area contributed by atoms with Gasteiger partial charge in [0, 0.05) is 18.1 Å². The number of ether oxygens (including phenoxy) is 1. The standard InChI is InChI=1S/C15H14N2O2/c1-18-13-4-2-3-11-7-14(19-15(11)13)12-6-5-10(8-16)9-17-12/h2-7,9H,8,16H2,1H3. The highest BCUT2D eigenvalue weighted by atomic mass is 16.5. The second kappa shape index (κ2) is 4.74. The quantitative estimate of drug-likeness (QED) is 0.780. The summed E-state index contributed by atoms with van der Waals surface area (Å²) in [5, 5.41) is 0.999. The van der Waals surface area contributed by atoms with E-state index < -0.39 is 0 Å². The van der Waals surface area contributed by atoms with Gasteiger partial charge in [-0.05, 0) is 23.8 Å². The highest BCUT2D eigenvalue weighted by Gasteiger charge is 2.10. The van der Waals surface area contributed by atoms with E-state index in [1.54, 1.807) is 13.3 Å². The summed E-state index contributed by atoms with van der Waals surface area (Å²) in [5.74, 6) is 1.45. The minimum atomic E-state index is 0.487. The van der Waals surface area contributed by atoms with E-state index in [2.05, 4.69) is 4.98 Å². The number of fused-ring (bicyclic) bond motifs is 1. The Kier molecular flexibility index (Phi) is 2.93. The zero-order chi connectivity index (χ0) is 13.2. The smallest absolute Gasteiger partial charge is 0.176 e. The van der Waals surface area contributed by atoms with Crippen molar-refractivity contribution in [3.8, 4) is 17.2 Å². The number of rotatable bonds is 3. The van der Waals surface area contributed by atoms with Gasteiger partial charge in [0.25, 0.3) is 0 Å². The van der Waals surface area contributed by atoms with Gasteiger partial charge in [0.1, 0.15) is 5.69 Å². The summed E-state index contributed by atoms with van der Waals surface area (Å²) in [6.07, 6.45) is 1.76. The number of para-hydroxylation sites is 1. The van der Waals surface area contributed by atoms with Crippen LogP contribution in [0.3, 0.4) is 0 Å². The first-order chi connectivity index (χ1) is 9.31. The number of aromatic nitrogens is 1. The summed E-state index contributed by atoms with van der Waals surface area (Å²) >= 11 is 0. The maximum Gasteiger partial charge on any atom is 0.176 e. The Morgan fingerprint density at radius 2 is 2.16 bits per heavy atom. The molecule has 1 aromatic carbocycles. The van der Waals surface area contributed by atoms with Crippen LogP contribution in [0, 0.1) is 0 Å². The Morgan fingerprint density at radius 3 is 2.84 bits per heavy atom. The molecule has 3 aromatic rings. The Bertz CT molecular complexity index is 702. The molecule has 0 aliphatic carbocycles. The number of benzene rings is 1. The molecule has 4 heteroatoms. The van der Waals surface area contributed by atoms with Gasteiger partial charge >= 0.3 is 0 Å². The minimum Gasteiger partial charge on any atom is -0.493 e. The molecule has 96 valence electrons. The van der Waals surface area contributed by atoms with Crippen molar-refractivity contribution in [2.24, 2.45) is 5.73 Å². The molecular formula is C15H14N2O2. The third-order valence-electron chi connectivity index (χ3n) is 3.04. The van der Waals surface area contributed by atoms with Crippen LogP contribution in [-0.4, -0.2) is 12.1 Å². The SMILES string of the molecule is COc1cccc2cc(-c3ccc(CN)cn3)oc12. The van der Waals surface area contributed by atoms with Gasteiger partial charge < -0.3 is 14.9 Å². The molecule has 4 nitrogen and oxygen atoms in total. The molecule has 0 spiro atoms. The number of pyridine rings is 1. The lowest BCUT2D eigenvalue weighted by molar-refractivity contribution is 0.411. The molecule has 0 saturated heterocycles. The Balaban J connectivity index is 2.09. The van der Waals surface area contributed by atoms with Gasteiger partial charge in [-0.25, -0.2) is 0 Å². The van der Waals surface area contributed by atoms with Crippen LogP contribution in [0.5, 0.6) is 5.75 Å². The average molecular weight is 254 g/mol. The van der Waals surface area contributed by atoms with Crippen LogP contribution in [0.25, 0.3) is 22.4 Å². The number of hydrogen-bond donors (Lipinski definition) is 1. The number of methoxy groups -OCH3 is 1. The van der Waals surface area contributed by atoms with E-state index in [-0.39, 0.29) is 0 Å². The molecule has 0 atom stereocenters. The largest absolute Gasteiger partial charge is 0.493 e. The van der Waals surface area contributed by atoms with Gasteiger partial charge in [0.15, 0.2) is 17.1 Å². The van der Waals surface area contributed by atoms with Gasteiger partial charge in [-0.3, -0.25) is 4.98 Å². The number of nitrogens with zero attached hydrogens (tertiary/aromatic N) is 1. The average Bonchev–Trinajstić information content (AvgIpc) is 2.91. The summed E-state index contributed by atoms with van der Waals surface area (Å²) in [5.41, 5.74) is 8.08. The predicted octanol–water partition coefficient (Wildman–Crippen LogP) is 2.96. The second-order valence-corrected chi connectivity index (χ2v) is 4.25. The molecule has 0 aliphatic rings. The summed E-state index contributed by atoms with van der Waals surface area (Å²) in [4.78, 5) is 4.36. The van der Waals surface area contributed by atoms with E-state index in [0.29, 0.717) is 6.54 Å². The van der Waals surface area contributed by atoms with E-state index in [1.165, 1.54) is 0 Å². The van der Waals surface area contributed by atoms with Gasteiger partial charge in [0.05, 0.1) is 7.11 Å². The Labute approximate surface area is 110 Å². The van der Waals surface area contributed by atoms with Crippen molar-refractivity contribution in [2.75, 3.05) is 7.11 Å². The molecule has 0 aliphatic heterocycles. The highest BCUT2D eigenvalue weighted by molar-refractivity contribution is 5.86. The molecule has 0 saturated carbocycles. The first kappa shape index (κ1) is 11.7. The predicted molar refractivity (Wildman–Crippen MR) is 73.9 cm³/mol. The number of hydrogen-bond acceptors (Lipinski definition) is 4. The topological polar surface area (TPSA) is 61.3 Å². The zero-order valence-corrected chi connectivity index (χ0v) is 10.6. The van der Waals surface area contributed by atoms with Crippen LogP contribution >= 0.6 is 0 Å². The van der Waals surface area contributed by atoms with Gasteiger partial charge in [-0.2, -0.15) is 0 Å². The zero-order valence-electron chi connectivity index (χ0n) is 10.6. The normalized spacial score (nSPS) is 10.8. The van der Waals surface area contributed by atoms with Crippen molar-refractivity contribution in [2.45, 2.75) is 6.54 Å². The van der Waals surface area contributed by atoms with Crippen molar-refractivity contribution in [3.63, 3.8) is 0 Å². The summed E-state index contributed by atoms with van der Waals surface area (Å²) in [6, 6.07) is 11.6. The summed E-state index contributed by atoms with van der Waals surface area (Å²) < 4.78 is 11.1. The lowest BCUT2D eigenvalue weighted by Crippen LogP contribution is -1.96. The molecular weight excluding hydrogens is 240 g/mol. The minimum absolute atomic E-state index is 0.487. The fourth-order valence-electron chi connectivity index (χ4n) is 2.01. The third-order valence-corrected chi connectivity index (χ3v) is 3.04. The third kappa shape index (κ3) is 2.06. The molecule has 2 heterocycles. The molecule has 0 fully saturated rings. The molecule has 0 unspecified atom stereocenters. The van der Waals surface area contributed by atoms with E-state index in [4.69, 9.17) is 14.9 Å². The number of furan rings is 1. The van der Waals surface area contributed by atoms with E-state index >= 15 is 0 Å². The van der Waals surface area contributed by atoms with Crippen LogP contribution in [0.1, 0.15) is 5.56 Å². The Hall–Kier alpha value is -2.33. The van der Waals surface area contributed by atoms with Gasteiger partial charge in [-0.15, -0.1) is 0 Å². The van der Waals surface area contributed by atoms with Gasteiger partial charge in [0.2, 0.25) is 0 Å². The van der Waals surface area contributed by atoms with Crippen LogP contribution in [0.2, 0.25) is 0 Å². The molecule has 19 heavy (non-hydrogen) atoms. The maximum atomic E-state index is 5.83. The maximum absolute atomic E-state index is 5.83. The van der Waals surface area contributed by atoms with Crippen molar-refractivity contribution >= 4 is 11.0 Å². The lowest BCUT2D eigenvalue weighted by atomic mass is 10.2. The summed E-state index contributed by atoms with van der Waals surface area (Å²) in [6.45, 7) is 0.487. The van der Waals surface area contributed by atoms with Crippen molar-refractivity contribution < 1.29 is 9.15 Å². The van der Waals surface area contributed by atoms with Gasteiger partial charge in [-0.1, -0.05) is 18.2 Å². The van der Waals surface area contributed by atoms with Crippen molar-refractivity contribution in [3.05, 3.63) is 48.2 Å². The summed E-state index contributed by atoms with van der Waals surface area (Å²) in [7, 11) is 1.63. The van der Waals surface area contributed by atoms with E-state index in [9.17, 15) is 0 Å².